The van der Waals surface area contributed by atoms with Gasteiger partial charge in [-0.2, -0.15) is 0 Å². The Labute approximate surface area is 219 Å². The van der Waals surface area contributed by atoms with Gasteiger partial charge in [-0.25, -0.2) is 8.42 Å². The second-order valence-electron chi connectivity index (χ2n) is 9.48. The van der Waals surface area contributed by atoms with Gasteiger partial charge < -0.3 is 19.7 Å². The van der Waals surface area contributed by atoms with Crippen molar-refractivity contribution in [2.45, 2.75) is 58.2 Å². The molecule has 0 unspecified atom stereocenters. The van der Waals surface area contributed by atoms with Crippen LogP contribution in [0, 0.1) is 6.92 Å². The van der Waals surface area contributed by atoms with Crippen molar-refractivity contribution in [1.29, 1.82) is 0 Å². The first-order chi connectivity index (χ1) is 17.5. The minimum Gasteiger partial charge on any atom is -0.493 e. The van der Waals surface area contributed by atoms with E-state index in [0.29, 0.717) is 11.5 Å². The summed E-state index contributed by atoms with van der Waals surface area (Å²) in [5, 5.41) is 3.06. The van der Waals surface area contributed by atoms with E-state index < -0.39 is 28.5 Å². The number of nitrogens with one attached hydrogen (secondary N) is 1. The molecule has 2 aromatic rings. The van der Waals surface area contributed by atoms with Gasteiger partial charge in [-0.15, -0.1) is 0 Å². The van der Waals surface area contributed by atoms with Crippen molar-refractivity contribution in [2.24, 2.45) is 0 Å². The highest BCUT2D eigenvalue weighted by atomic mass is 32.2. The molecule has 0 bridgehead atoms. The van der Waals surface area contributed by atoms with Crippen LogP contribution in [0.15, 0.2) is 42.5 Å². The topological polar surface area (TPSA) is 105 Å². The fraction of sp³-hybridized carbons (Fsp3) is 0.481. The Morgan fingerprint density at radius 3 is 2.22 bits per heavy atom. The van der Waals surface area contributed by atoms with E-state index in [9.17, 15) is 18.0 Å². The lowest BCUT2D eigenvalue weighted by molar-refractivity contribution is -0.139. The van der Waals surface area contributed by atoms with Crippen LogP contribution in [0.25, 0.3) is 0 Å². The smallest absolute Gasteiger partial charge is 0.244 e. The molecule has 202 valence electrons. The van der Waals surface area contributed by atoms with E-state index in [1.165, 1.54) is 25.2 Å². The number of carbonyl (C=O) groups is 2. The number of carbonyl (C=O) groups excluding carboxylic acids is 2. The van der Waals surface area contributed by atoms with Crippen LogP contribution in [0.5, 0.6) is 11.5 Å². The third-order valence-corrected chi connectivity index (χ3v) is 7.82. The molecule has 2 amide bonds. The van der Waals surface area contributed by atoms with Gasteiger partial charge in [0.15, 0.2) is 11.5 Å². The first kappa shape index (κ1) is 28.3. The van der Waals surface area contributed by atoms with Crippen LogP contribution >= 0.6 is 0 Å². The van der Waals surface area contributed by atoms with Crippen molar-refractivity contribution in [1.82, 2.24) is 10.2 Å². The van der Waals surface area contributed by atoms with Gasteiger partial charge in [0.25, 0.3) is 0 Å². The third kappa shape index (κ3) is 7.38. The van der Waals surface area contributed by atoms with Crippen LogP contribution in [0.1, 0.15) is 43.7 Å². The Balaban J connectivity index is 1.90. The fourth-order valence-electron chi connectivity index (χ4n) is 4.46. The van der Waals surface area contributed by atoms with Crippen LogP contribution in [-0.2, 0) is 26.2 Å². The monoisotopic (exact) mass is 531 g/mol. The molecule has 0 saturated heterocycles. The Kier molecular flexibility index (Phi) is 9.42. The van der Waals surface area contributed by atoms with Gasteiger partial charge in [-0.1, -0.05) is 42.7 Å². The average Bonchev–Trinajstić information content (AvgIpc) is 3.38. The molecule has 9 nitrogen and oxygen atoms in total. The van der Waals surface area contributed by atoms with Crippen molar-refractivity contribution >= 4 is 27.5 Å². The van der Waals surface area contributed by atoms with Crippen molar-refractivity contribution in [3.63, 3.8) is 0 Å². The zero-order valence-corrected chi connectivity index (χ0v) is 23.0. The van der Waals surface area contributed by atoms with Crippen molar-refractivity contribution < 1.29 is 27.5 Å². The van der Waals surface area contributed by atoms with E-state index in [2.05, 4.69) is 5.32 Å². The lowest BCUT2D eigenvalue weighted by Gasteiger charge is -2.32. The zero-order valence-electron chi connectivity index (χ0n) is 22.2. The summed E-state index contributed by atoms with van der Waals surface area (Å²) < 4.78 is 37.1. The number of ether oxygens (including phenoxy) is 2. The molecule has 37 heavy (non-hydrogen) atoms. The summed E-state index contributed by atoms with van der Waals surface area (Å²) >= 11 is 0. The molecule has 10 heteroatoms. The number of hydrogen-bond acceptors (Lipinski definition) is 6. The SMILES string of the molecule is COc1ccc(N(CC(=O)N(Cc2ccc(C)cc2)[C@@H](C)C(=O)NC2CCCC2)S(C)(=O)=O)cc1OC. The predicted molar refractivity (Wildman–Crippen MR) is 143 cm³/mol. The van der Waals surface area contributed by atoms with Gasteiger partial charge in [0.05, 0.1) is 26.2 Å². The molecule has 1 aliphatic carbocycles. The molecule has 0 heterocycles. The maximum absolute atomic E-state index is 13.7. The molecule has 1 fully saturated rings. The molecular formula is C27H37N3O6S. The van der Waals surface area contributed by atoms with E-state index in [1.807, 2.05) is 31.2 Å². The Morgan fingerprint density at radius 1 is 1.03 bits per heavy atom. The summed E-state index contributed by atoms with van der Waals surface area (Å²) in [5.41, 5.74) is 2.17. The van der Waals surface area contributed by atoms with E-state index in [4.69, 9.17) is 9.47 Å². The van der Waals surface area contributed by atoms with Crippen LogP contribution in [0.2, 0.25) is 0 Å². The van der Waals surface area contributed by atoms with Gasteiger partial charge in [-0.05, 0) is 44.4 Å². The Bertz CT molecular complexity index is 1190. The van der Waals surface area contributed by atoms with Gasteiger partial charge in [0.1, 0.15) is 12.6 Å². The number of anilines is 1. The highest BCUT2D eigenvalue weighted by Gasteiger charge is 2.31. The van der Waals surface area contributed by atoms with E-state index >= 15 is 0 Å². The average molecular weight is 532 g/mol. The third-order valence-electron chi connectivity index (χ3n) is 6.68. The minimum absolute atomic E-state index is 0.102. The highest BCUT2D eigenvalue weighted by molar-refractivity contribution is 7.92. The van der Waals surface area contributed by atoms with Crippen molar-refractivity contribution in [3.8, 4) is 11.5 Å². The second kappa shape index (κ2) is 12.3. The molecule has 1 N–H and O–H groups in total. The lowest BCUT2D eigenvalue weighted by atomic mass is 10.1. The molecule has 1 atom stereocenters. The molecule has 0 radical (unpaired) electrons. The predicted octanol–water partition coefficient (Wildman–Crippen LogP) is 3.25. The summed E-state index contributed by atoms with van der Waals surface area (Å²) in [4.78, 5) is 28.3. The Hall–Kier alpha value is -3.27. The first-order valence-electron chi connectivity index (χ1n) is 12.4. The number of sulfonamides is 1. The van der Waals surface area contributed by atoms with E-state index in [0.717, 1.165) is 47.4 Å². The minimum atomic E-state index is -3.85. The standard InChI is InChI=1S/C27H37N3O6S/c1-19-10-12-21(13-11-19)17-29(20(2)27(32)28-22-8-6-7-9-22)26(31)18-30(37(5,33)34)23-14-15-24(35-3)25(16-23)36-4/h10-16,20,22H,6-9,17-18H2,1-5H3,(H,28,32)/t20-/m0/s1. The van der Waals surface area contributed by atoms with E-state index in [1.54, 1.807) is 19.1 Å². The van der Waals surface area contributed by atoms with Crippen LogP contribution < -0.4 is 19.1 Å². The van der Waals surface area contributed by atoms with Gasteiger partial charge >= 0.3 is 0 Å². The maximum atomic E-state index is 13.7. The molecular weight excluding hydrogens is 494 g/mol. The normalized spacial score (nSPS) is 14.6. The second-order valence-corrected chi connectivity index (χ2v) is 11.4. The quantitative estimate of drug-likeness (QED) is 0.477. The number of amides is 2. The van der Waals surface area contributed by atoms with Gasteiger partial charge in [-0.3, -0.25) is 13.9 Å². The van der Waals surface area contributed by atoms with Gasteiger partial charge in [0.2, 0.25) is 21.8 Å². The lowest BCUT2D eigenvalue weighted by Crippen LogP contribution is -2.52. The molecule has 0 spiro atoms. The number of benzene rings is 2. The number of aryl methyl sites for hydroxylation is 1. The summed E-state index contributed by atoms with van der Waals surface area (Å²) in [6.45, 7) is 3.35. The number of nitrogens with zero attached hydrogens (tertiary/aromatic N) is 2. The van der Waals surface area contributed by atoms with E-state index in [-0.39, 0.29) is 24.2 Å². The molecule has 0 aliphatic heterocycles. The maximum Gasteiger partial charge on any atom is 0.244 e. The van der Waals surface area contributed by atoms with Crippen molar-refractivity contribution in [3.05, 3.63) is 53.6 Å². The number of hydrogen-bond donors (Lipinski definition) is 1. The molecule has 2 aromatic carbocycles. The highest BCUT2D eigenvalue weighted by Crippen LogP contribution is 2.32. The van der Waals surface area contributed by atoms with Crippen LogP contribution in [-0.4, -0.2) is 64.2 Å². The summed E-state index contributed by atoms with van der Waals surface area (Å²) in [7, 11) is -0.913. The number of methoxy groups -OCH3 is 2. The zero-order chi connectivity index (χ0) is 27.2. The summed E-state index contributed by atoms with van der Waals surface area (Å²) in [5.74, 6) is 0.0328. The van der Waals surface area contributed by atoms with Gasteiger partial charge in [0, 0.05) is 18.7 Å². The fourth-order valence-corrected chi connectivity index (χ4v) is 5.30. The van der Waals surface area contributed by atoms with Crippen LogP contribution in [0.4, 0.5) is 5.69 Å². The molecule has 1 saturated carbocycles. The summed E-state index contributed by atoms with van der Waals surface area (Å²) in [6.07, 6.45) is 5.02. The molecule has 3 rings (SSSR count). The molecule has 1 aliphatic rings. The van der Waals surface area contributed by atoms with Crippen LogP contribution in [0.3, 0.4) is 0 Å². The largest absolute Gasteiger partial charge is 0.493 e. The Morgan fingerprint density at radius 2 is 1.65 bits per heavy atom. The molecule has 0 aromatic heterocycles. The summed E-state index contributed by atoms with van der Waals surface area (Å²) in [6, 6.07) is 11.6. The van der Waals surface area contributed by atoms with Crippen molar-refractivity contribution in [2.75, 3.05) is 31.3 Å². The first-order valence-corrected chi connectivity index (χ1v) is 14.2. The number of rotatable bonds is 11.